The Hall–Kier alpha value is -1.69. The monoisotopic (exact) mass is 266 g/mol. The van der Waals surface area contributed by atoms with Gasteiger partial charge in [0.15, 0.2) is 5.78 Å². The van der Waals surface area contributed by atoms with E-state index in [9.17, 15) is 14.4 Å². The lowest BCUT2D eigenvalue weighted by Crippen LogP contribution is -2.37. The van der Waals surface area contributed by atoms with E-state index < -0.39 is 0 Å². The molecular weight excluding hydrogens is 252 g/mol. The van der Waals surface area contributed by atoms with Crippen molar-refractivity contribution in [3.8, 4) is 0 Å². The number of thiophene rings is 1. The average molecular weight is 266 g/mol. The second kappa shape index (κ2) is 5.30. The van der Waals surface area contributed by atoms with Gasteiger partial charge in [0.05, 0.1) is 11.4 Å². The molecule has 1 saturated heterocycles. The summed E-state index contributed by atoms with van der Waals surface area (Å²) in [7, 11) is 0. The van der Waals surface area contributed by atoms with Crippen molar-refractivity contribution in [2.24, 2.45) is 0 Å². The molecule has 1 N–H and O–H groups in total. The predicted octanol–water partition coefficient (Wildman–Crippen LogP) is 0.913. The SMILES string of the molecule is CC(=O)c1csc(C(=O)N2CCCNC(=O)C2)c1. The van der Waals surface area contributed by atoms with Crippen molar-refractivity contribution in [1.29, 1.82) is 0 Å². The Morgan fingerprint density at radius 3 is 2.89 bits per heavy atom. The zero-order valence-electron chi connectivity index (χ0n) is 10.1. The molecule has 0 spiro atoms. The van der Waals surface area contributed by atoms with Gasteiger partial charge in [0.2, 0.25) is 5.91 Å². The van der Waals surface area contributed by atoms with Gasteiger partial charge < -0.3 is 10.2 Å². The van der Waals surface area contributed by atoms with Crippen LogP contribution < -0.4 is 5.32 Å². The molecule has 0 radical (unpaired) electrons. The van der Waals surface area contributed by atoms with Gasteiger partial charge in [0, 0.05) is 24.0 Å². The number of amides is 2. The molecule has 5 nitrogen and oxygen atoms in total. The smallest absolute Gasteiger partial charge is 0.264 e. The molecule has 0 aliphatic carbocycles. The Labute approximate surface area is 109 Å². The summed E-state index contributed by atoms with van der Waals surface area (Å²) in [5.41, 5.74) is 0.544. The van der Waals surface area contributed by atoms with Crippen LogP contribution in [0.3, 0.4) is 0 Å². The van der Waals surface area contributed by atoms with Gasteiger partial charge in [-0.15, -0.1) is 11.3 Å². The Bertz CT molecular complexity index is 495. The number of rotatable bonds is 2. The van der Waals surface area contributed by atoms with Crippen LogP contribution in [-0.4, -0.2) is 42.1 Å². The standard InChI is InChI=1S/C12H14N2O3S/c1-8(15)9-5-10(18-7-9)12(17)14-4-2-3-13-11(16)6-14/h5,7H,2-4,6H2,1H3,(H,13,16). The molecule has 6 heteroatoms. The molecule has 1 fully saturated rings. The summed E-state index contributed by atoms with van der Waals surface area (Å²) >= 11 is 1.24. The molecular formula is C12H14N2O3S. The third-order valence-corrected chi connectivity index (χ3v) is 3.68. The predicted molar refractivity (Wildman–Crippen MR) is 67.9 cm³/mol. The van der Waals surface area contributed by atoms with Crippen molar-refractivity contribution in [3.05, 3.63) is 21.9 Å². The van der Waals surface area contributed by atoms with Crippen molar-refractivity contribution < 1.29 is 14.4 Å². The zero-order valence-corrected chi connectivity index (χ0v) is 10.9. The highest BCUT2D eigenvalue weighted by molar-refractivity contribution is 7.12. The first-order chi connectivity index (χ1) is 8.58. The number of Topliss-reactive ketones (excluding diaryl/α,β-unsaturated/α-hetero) is 1. The van der Waals surface area contributed by atoms with Gasteiger partial charge in [-0.3, -0.25) is 14.4 Å². The van der Waals surface area contributed by atoms with Gasteiger partial charge in [-0.25, -0.2) is 0 Å². The fourth-order valence-electron chi connectivity index (χ4n) is 1.77. The molecule has 1 aromatic heterocycles. The van der Waals surface area contributed by atoms with E-state index in [-0.39, 0.29) is 24.1 Å². The van der Waals surface area contributed by atoms with Crippen LogP contribution in [0.5, 0.6) is 0 Å². The molecule has 1 aliphatic heterocycles. The van der Waals surface area contributed by atoms with E-state index in [4.69, 9.17) is 0 Å². The molecule has 0 atom stereocenters. The van der Waals surface area contributed by atoms with Crippen molar-refractivity contribution in [1.82, 2.24) is 10.2 Å². The van der Waals surface area contributed by atoms with E-state index in [0.29, 0.717) is 23.5 Å². The summed E-state index contributed by atoms with van der Waals surface area (Å²) in [5.74, 6) is -0.368. The van der Waals surface area contributed by atoms with Crippen molar-refractivity contribution in [2.75, 3.05) is 19.6 Å². The van der Waals surface area contributed by atoms with E-state index in [1.54, 1.807) is 11.4 Å². The Morgan fingerprint density at radius 1 is 1.44 bits per heavy atom. The molecule has 0 aromatic carbocycles. The van der Waals surface area contributed by atoms with Crippen LogP contribution >= 0.6 is 11.3 Å². The fraction of sp³-hybridized carbons (Fsp3) is 0.417. The van der Waals surface area contributed by atoms with Crippen LogP contribution in [0.4, 0.5) is 0 Å². The Balaban J connectivity index is 2.13. The van der Waals surface area contributed by atoms with Crippen molar-refractivity contribution >= 4 is 28.9 Å². The molecule has 2 heterocycles. The number of hydrogen-bond donors (Lipinski definition) is 1. The number of nitrogens with zero attached hydrogens (tertiary/aromatic N) is 1. The average Bonchev–Trinajstić information content (AvgIpc) is 2.72. The minimum absolute atomic E-state index is 0.0566. The molecule has 0 saturated carbocycles. The summed E-state index contributed by atoms with van der Waals surface area (Å²) in [6, 6.07) is 1.60. The van der Waals surface area contributed by atoms with Crippen LogP contribution in [-0.2, 0) is 4.79 Å². The molecule has 1 aromatic rings. The molecule has 0 bridgehead atoms. The second-order valence-electron chi connectivity index (χ2n) is 4.19. The first-order valence-electron chi connectivity index (χ1n) is 5.73. The number of carbonyl (C=O) groups excluding carboxylic acids is 3. The van der Waals surface area contributed by atoms with Crippen molar-refractivity contribution in [2.45, 2.75) is 13.3 Å². The van der Waals surface area contributed by atoms with Crippen LogP contribution in [0.1, 0.15) is 33.4 Å². The number of carbonyl (C=O) groups is 3. The minimum atomic E-state index is -0.176. The van der Waals surface area contributed by atoms with E-state index in [1.165, 1.54) is 23.2 Å². The third-order valence-electron chi connectivity index (χ3n) is 2.77. The van der Waals surface area contributed by atoms with Gasteiger partial charge in [0.1, 0.15) is 0 Å². The van der Waals surface area contributed by atoms with Crippen LogP contribution in [0, 0.1) is 0 Å². The van der Waals surface area contributed by atoms with Gasteiger partial charge in [0.25, 0.3) is 5.91 Å². The van der Waals surface area contributed by atoms with Crippen molar-refractivity contribution in [3.63, 3.8) is 0 Å². The summed E-state index contributed by atoms with van der Waals surface area (Å²) in [6.45, 7) is 2.72. The molecule has 18 heavy (non-hydrogen) atoms. The molecule has 96 valence electrons. The molecule has 2 rings (SSSR count). The van der Waals surface area contributed by atoms with Gasteiger partial charge in [-0.05, 0) is 19.4 Å². The van der Waals surface area contributed by atoms with E-state index >= 15 is 0 Å². The number of nitrogens with one attached hydrogen (secondary N) is 1. The maximum atomic E-state index is 12.2. The van der Waals surface area contributed by atoms with Crippen LogP contribution in [0.25, 0.3) is 0 Å². The highest BCUT2D eigenvalue weighted by Gasteiger charge is 2.22. The fourth-order valence-corrected chi connectivity index (χ4v) is 2.68. The van der Waals surface area contributed by atoms with E-state index in [2.05, 4.69) is 5.32 Å². The largest absolute Gasteiger partial charge is 0.354 e. The summed E-state index contributed by atoms with van der Waals surface area (Å²) in [5, 5.41) is 4.39. The number of ketones is 1. The summed E-state index contributed by atoms with van der Waals surface area (Å²) in [4.78, 5) is 36.8. The second-order valence-corrected chi connectivity index (χ2v) is 5.10. The maximum Gasteiger partial charge on any atom is 0.264 e. The van der Waals surface area contributed by atoms with Gasteiger partial charge in [-0.2, -0.15) is 0 Å². The Morgan fingerprint density at radius 2 is 2.22 bits per heavy atom. The first-order valence-corrected chi connectivity index (χ1v) is 6.61. The van der Waals surface area contributed by atoms with Crippen LogP contribution in [0.2, 0.25) is 0 Å². The summed E-state index contributed by atoms with van der Waals surface area (Å²) < 4.78 is 0. The molecule has 1 aliphatic rings. The molecule has 0 unspecified atom stereocenters. The first kappa shape index (κ1) is 12.8. The minimum Gasteiger partial charge on any atom is -0.354 e. The van der Waals surface area contributed by atoms with Crippen LogP contribution in [0.15, 0.2) is 11.4 Å². The quantitative estimate of drug-likeness (QED) is 0.809. The lowest BCUT2D eigenvalue weighted by atomic mass is 10.2. The highest BCUT2D eigenvalue weighted by Crippen LogP contribution is 2.17. The maximum absolute atomic E-state index is 12.2. The normalized spacial score (nSPS) is 16.1. The lowest BCUT2D eigenvalue weighted by Gasteiger charge is -2.17. The topological polar surface area (TPSA) is 66.5 Å². The Kier molecular flexibility index (Phi) is 3.76. The highest BCUT2D eigenvalue weighted by atomic mass is 32.1. The van der Waals surface area contributed by atoms with E-state index in [1.807, 2.05) is 0 Å². The summed E-state index contributed by atoms with van der Waals surface area (Å²) in [6.07, 6.45) is 0.752. The lowest BCUT2D eigenvalue weighted by molar-refractivity contribution is -0.121. The third kappa shape index (κ3) is 2.76. The molecule has 2 amide bonds. The van der Waals surface area contributed by atoms with E-state index in [0.717, 1.165) is 6.42 Å². The number of hydrogen-bond acceptors (Lipinski definition) is 4. The zero-order chi connectivity index (χ0) is 13.1. The van der Waals surface area contributed by atoms with Gasteiger partial charge in [-0.1, -0.05) is 0 Å². The van der Waals surface area contributed by atoms with Gasteiger partial charge >= 0.3 is 0 Å².